The maximum atomic E-state index is 12.2. The minimum absolute atomic E-state index is 0.108. The lowest BCUT2D eigenvalue weighted by Crippen LogP contribution is -2.32. The molecule has 0 aliphatic rings. The van der Waals surface area contributed by atoms with Crippen LogP contribution in [-0.4, -0.2) is 20.8 Å². The van der Waals surface area contributed by atoms with Crippen LogP contribution in [0.15, 0.2) is 67.1 Å². The molecule has 0 bridgehead atoms. The van der Waals surface area contributed by atoms with Crippen molar-refractivity contribution in [2.75, 3.05) is 5.32 Å². The Bertz CT molecular complexity index is 801. The van der Waals surface area contributed by atoms with Crippen LogP contribution in [-0.2, 0) is 13.0 Å². The van der Waals surface area contributed by atoms with E-state index in [1.807, 2.05) is 37.3 Å². The van der Waals surface area contributed by atoms with E-state index in [1.54, 1.807) is 29.3 Å². The van der Waals surface area contributed by atoms with Crippen molar-refractivity contribution >= 4 is 11.8 Å². The van der Waals surface area contributed by atoms with E-state index >= 15 is 0 Å². The molecule has 0 aliphatic heterocycles. The predicted octanol–water partition coefficient (Wildman–Crippen LogP) is 3.40. The van der Waals surface area contributed by atoms with Crippen molar-refractivity contribution in [2.45, 2.75) is 25.9 Å². The molecule has 0 radical (unpaired) electrons. The Morgan fingerprint density at radius 2 is 1.84 bits per heavy atom. The molecule has 2 aromatic heterocycles. The number of hydrogen-bond acceptors (Lipinski definition) is 3. The fourth-order valence-electron chi connectivity index (χ4n) is 2.58. The van der Waals surface area contributed by atoms with Gasteiger partial charge in [0.25, 0.3) is 0 Å². The summed E-state index contributed by atoms with van der Waals surface area (Å²) in [6.07, 6.45) is 5.97. The normalized spacial score (nSPS) is 11.7. The molecule has 3 aromatic rings. The van der Waals surface area contributed by atoms with Gasteiger partial charge in [-0.2, -0.15) is 5.10 Å². The minimum Gasteiger partial charge on any atom is -0.331 e. The van der Waals surface area contributed by atoms with Crippen LogP contribution in [0.5, 0.6) is 0 Å². The lowest BCUT2D eigenvalue weighted by Gasteiger charge is -2.15. The number of amides is 2. The van der Waals surface area contributed by atoms with Crippen LogP contribution in [0.1, 0.15) is 24.1 Å². The Kier molecular flexibility index (Phi) is 5.41. The highest BCUT2D eigenvalue weighted by Crippen LogP contribution is 2.12. The number of anilines is 1. The van der Waals surface area contributed by atoms with Gasteiger partial charge in [0.1, 0.15) is 5.82 Å². The summed E-state index contributed by atoms with van der Waals surface area (Å²) in [7, 11) is 0. The number of hydrogen-bond donors (Lipinski definition) is 2. The molecule has 2 N–H and O–H groups in total. The number of carbonyl (C=O) groups is 1. The van der Waals surface area contributed by atoms with Gasteiger partial charge in [0, 0.05) is 25.0 Å². The summed E-state index contributed by atoms with van der Waals surface area (Å²) in [4.78, 5) is 16.2. The predicted molar refractivity (Wildman–Crippen MR) is 97.2 cm³/mol. The number of nitrogens with one attached hydrogen (secondary N) is 2. The summed E-state index contributed by atoms with van der Waals surface area (Å²) in [5.74, 6) is 0.676. The lowest BCUT2D eigenvalue weighted by atomic mass is 10.1. The van der Waals surface area contributed by atoms with Crippen molar-refractivity contribution in [3.05, 3.63) is 78.2 Å². The molecule has 1 aromatic carbocycles. The Hall–Kier alpha value is -3.15. The molecule has 2 heterocycles. The number of carbonyl (C=O) groups excluding carboxylic acids is 1. The molecule has 0 fully saturated rings. The summed E-state index contributed by atoms with van der Waals surface area (Å²) < 4.78 is 1.80. The molecule has 25 heavy (non-hydrogen) atoms. The fourth-order valence-corrected chi connectivity index (χ4v) is 2.58. The Balaban J connectivity index is 1.56. The quantitative estimate of drug-likeness (QED) is 0.725. The molecule has 2 amide bonds. The molecule has 128 valence electrons. The molecule has 0 aliphatic carbocycles. The summed E-state index contributed by atoms with van der Waals surface area (Å²) in [6, 6.07) is 15.4. The van der Waals surface area contributed by atoms with Gasteiger partial charge >= 0.3 is 6.03 Å². The van der Waals surface area contributed by atoms with Gasteiger partial charge in [-0.3, -0.25) is 10.3 Å². The maximum Gasteiger partial charge on any atom is 0.320 e. The molecule has 1 atom stereocenters. The van der Waals surface area contributed by atoms with E-state index in [9.17, 15) is 4.79 Å². The van der Waals surface area contributed by atoms with Crippen LogP contribution in [0.2, 0.25) is 0 Å². The van der Waals surface area contributed by atoms with Gasteiger partial charge < -0.3 is 5.32 Å². The topological polar surface area (TPSA) is 71.8 Å². The van der Waals surface area contributed by atoms with Gasteiger partial charge in [-0.25, -0.2) is 9.48 Å². The lowest BCUT2D eigenvalue weighted by molar-refractivity contribution is 0.249. The second kappa shape index (κ2) is 8.10. The van der Waals surface area contributed by atoms with Gasteiger partial charge in [-0.05, 0) is 36.6 Å². The highest BCUT2D eigenvalue weighted by Gasteiger charge is 2.11. The summed E-state index contributed by atoms with van der Waals surface area (Å²) in [5.41, 5.74) is 2.24. The largest absolute Gasteiger partial charge is 0.331 e. The van der Waals surface area contributed by atoms with E-state index in [2.05, 4.69) is 32.8 Å². The third kappa shape index (κ3) is 4.67. The van der Waals surface area contributed by atoms with Crippen molar-refractivity contribution in [3.8, 4) is 0 Å². The first-order valence-electron chi connectivity index (χ1n) is 8.25. The smallest absolute Gasteiger partial charge is 0.320 e. The number of benzene rings is 1. The second-order valence-corrected chi connectivity index (χ2v) is 5.78. The number of aromatic nitrogens is 3. The molecule has 6 heteroatoms. The van der Waals surface area contributed by atoms with Crippen molar-refractivity contribution in [1.82, 2.24) is 20.1 Å². The molecule has 6 nitrogen and oxygen atoms in total. The monoisotopic (exact) mass is 335 g/mol. The van der Waals surface area contributed by atoms with E-state index < -0.39 is 0 Å². The molecular weight excluding hydrogens is 314 g/mol. The third-order valence-electron chi connectivity index (χ3n) is 3.97. The molecule has 1 unspecified atom stereocenters. The number of nitrogens with zero attached hydrogens (tertiary/aromatic N) is 3. The molecule has 3 rings (SSSR count). The Morgan fingerprint density at radius 3 is 2.60 bits per heavy atom. The first-order valence-corrected chi connectivity index (χ1v) is 8.25. The van der Waals surface area contributed by atoms with Crippen molar-refractivity contribution < 1.29 is 4.79 Å². The highest BCUT2D eigenvalue weighted by atomic mass is 16.2. The van der Waals surface area contributed by atoms with Crippen molar-refractivity contribution in [1.29, 1.82) is 0 Å². The van der Waals surface area contributed by atoms with E-state index in [0.717, 1.165) is 12.0 Å². The first kappa shape index (κ1) is 16.7. The first-order chi connectivity index (χ1) is 12.2. The number of aryl methyl sites for hydroxylation is 2. The van der Waals surface area contributed by atoms with Crippen LogP contribution in [0, 0.1) is 0 Å². The zero-order valence-corrected chi connectivity index (χ0v) is 14.1. The van der Waals surface area contributed by atoms with Gasteiger partial charge in [0.05, 0.1) is 12.2 Å². The number of rotatable bonds is 6. The van der Waals surface area contributed by atoms with E-state index in [1.165, 1.54) is 5.56 Å². The molecule has 0 saturated carbocycles. The van der Waals surface area contributed by atoms with E-state index in [4.69, 9.17) is 0 Å². The zero-order chi connectivity index (χ0) is 17.5. The molecular formula is C19H21N5O. The van der Waals surface area contributed by atoms with Crippen LogP contribution >= 0.6 is 0 Å². The second-order valence-electron chi connectivity index (χ2n) is 5.78. The Labute approximate surface area is 146 Å². The van der Waals surface area contributed by atoms with Gasteiger partial charge in [-0.15, -0.1) is 0 Å². The van der Waals surface area contributed by atoms with Crippen LogP contribution in [0.4, 0.5) is 10.6 Å². The van der Waals surface area contributed by atoms with E-state index in [-0.39, 0.29) is 12.1 Å². The average Bonchev–Trinajstić information content (AvgIpc) is 3.08. The van der Waals surface area contributed by atoms with Crippen LogP contribution < -0.4 is 10.6 Å². The van der Waals surface area contributed by atoms with Crippen LogP contribution in [0.25, 0.3) is 0 Å². The zero-order valence-electron chi connectivity index (χ0n) is 14.1. The fraction of sp³-hybridized carbons (Fsp3) is 0.211. The Morgan fingerprint density at radius 1 is 1.08 bits per heavy atom. The minimum atomic E-state index is -0.259. The van der Waals surface area contributed by atoms with Gasteiger partial charge in [0.2, 0.25) is 0 Å². The van der Waals surface area contributed by atoms with Gasteiger partial charge in [-0.1, -0.05) is 30.3 Å². The maximum absolute atomic E-state index is 12.2. The number of pyridine rings is 1. The molecule has 0 spiro atoms. The third-order valence-corrected chi connectivity index (χ3v) is 3.97. The summed E-state index contributed by atoms with van der Waals surface area (Å²) in [5, 5.41) is 10.1. The standard InChI is InChI=1S/C19H21N5O/c1-15(17-7-11-20-12-8-17)22-19(25)23-18-9-13-21-24(18)14-10-16-5-3-2-4-6-16/h2-9,11-13,15H,10,14H2,1H3,(H2,22,23,25). The van der Waals surface area contributed by atoms with Crippen LogP contribution in [0.3, 0.4) is 0 Å². The van der Waals surface area contributed by atoms with Gasteiger partial charge in [0.15, 0.2) is 0 Å². The SMILES string of the molecule is CC(NC(=O)Nc1ccnn1CCc1ccccc1)c1ccncc1. The van der Waals surface area contributed by atoms with Crippen molar-refractivity contribution in [2.24, 2.45) is 0 Å². The average molecular weight is 335 g/mol. The van der Waals surface area contributed by atoms with E-state index in [0.29, 0.717) is 12.4 Å². The summed E-state index contributed by atoms with van der Waals surface area (Å²) in [6.45, 7) is 2.63. The molecule has 0 saturated heterocycles. The van der Waals surface area contributed by atoms with Crippen molar-refractivity contribution in [3.63, 3.8) is 0 Å². The number of urea groups is 1. The summed E-state index contributed by atoms with van der Waals surface area (Å²) >= 11 is 0. The highest BCUT2D eigenvalue weighted by molar-refractivity contribution is 5.88.